The minimum absolute atomic E-state index is 0.672. The van der Waals surface area contributed by atoms with Gasteiger partial charge in [0.1, 0.15) is 0 Å². The number of hydrogen-bond donors (Lipinski definition) is 1. The van der Waals surface area contributed by atoms with Crippen molar-refractivity contribution in [3.63, 3.8) is 0 Å². The van der Waals surface area contributed by atoms with E-state index in [4.69, 9.17) is 0 Å². The van der Waals surface area contributed by atoms with E-state index in [-0.39, 0.29) is 0 Å². The Morgan fingerprint density at radius 1 is 0.656 bits per heavy atom. The molecule has 3 heteroatoms. The van der Waals surface area contributed by atoms with E-state index in [1.54, 1.807) is 0 Å². The third-order valence-corrected chi connectivity index (χ3v) is 6.52. The van der Waals surface area contributed by atoms with Gasteiger partial charge in [0.15, 0.2) is 0 Å². The summed E-state index contributed by atoms with van der Waals surface area (Å²) in [6.07, 6.45) is 0. The molecule has 0 saturated carbocycles. The lowest BCUT2D eigenvalue weighted by molar-refractivity contribution is 1.19. The summed E-state index contributed by atoms with van der Waals surface area (Å²) < 4.78 is 2.34. The molecule has 0 fully saturated rings. The average Bonchev–Trinajstić information content (AvgIpc) is 3.40. The van der Waals surface area contributed by atoms with Gasteiger partial charge in [0.25, 0.3) is 0 Å². The van der Waals surface area contributed by atoms with E-state index in [1.165, 1.54) is 32.4 Å². The Kier molecular flexibility index (Phi) is 3.34. The lowest BCUT2D eigenvalue weighted by atomic mass is 9.99. The summed E-state index contributed by atoms with van der Waals surface area (Å²) >= 11 is 0. The Morgan fingerprint density at radius 2 is 1.38 bits per heavy atom. The van der Waals surface area contributed by atoms with Crippen molar-refractivity contribution < 1.29 is 0 Å². The zero-order chi connectivity index (χ0) is 21.2. The van der Waals surface area contributed by atoms with Gasteiger partial charge in [0.2, 0.25) is 0 Å². The van der Waals surface area contributed by atoms with Gasteiger partial charge in [0, 0.05) is 43.5 Å². The standard InChI is InChI=1S/C29H17N3/c30-17-18-14-15-25-23(16-18)27-26-22-12-6-7-13-24(22)31-28(26)20-10-4-5-11-21(20)29(27)32(25)19-8-2-1-3-9-19/h1-16,31H. The lowest BCUT2D eigenvalue weighted by Crippen LogP contribution is -1.94. The molecule has 5 aromatic carbocycles. The number of nitrogens with zero attached hydrogens (tertiary/aromatic N) is 2. The molecule has 2 aromatic heterocycles. The first-order valence-electron chi connectivity index (χ1n) is 10.7. The molecule has 0 amide bonds. The van der Waals surface area contributed by atoms with Crippen molar-refractivity contribution in [3.05, 3.63) is 103 Å². The van der Waals surface area contributed by atoms with Gasteiger partial charge in [-0.1, -0.05) is 60.7 Å². The van der Waals surface area contributed by atoms with Crippen molar-refractivity contribution in [3.8, 4) is 11.8 Å². The molecule has 0 atom stereocenters. The molecule has 0 spiro atoms. The highest BCUT2D eigenvalue weighted by Gasteiger charge is 2.21. The number of rotatable bonds is 1. The first-order valence-corrected chi connectivity index (χ1v) is 10.7. The number of benzene rings is 5. The molecule has 7 aromatic rings. The number of hydrogen-bond acceptors (Lipinski definition) is 1. The van der Waals surface area contributed by atoms with Gasteiger partial charge in [-0.05, 0) is 36.4 Å². The highest BCUT2D eigenvalue weighted by molar-refractivity contribution is 6.36. The summed E-state index contributed by atoms with van der Waals surface area (Å²) in [7, 11) is 0. The number of aromatic amines is 1. The molecule has 2 heterocycles. The van der Waals surface area contributed by atoms with E-state index in [9.17, 15) is 5.26 Å². The van der Waals surface area contributed by atoms with Crippen LogP contribution in [0.25, 0.3) is 60.1 Å². The molecule has 148 valence electrons. The highest BCUT2D eigenvalue weighted by atomic mass is 15.0. The van der Waals surface area contributed by atoms with Gasteiger partial charge >= 0.3 is 0 Å². The molecule has 0 bridgehead atoms. The topological polar surface area (TPSA) is 44.5 Å². The molecule has 0 radical (unpaired) electrons. The van der Waals surface area contributed by atoms with Gasteiger partial charge in [-0.25, -0.2) is 0 Å². The summed E-state index contributed by atoms with van der Waals surface area (Å²) in [4.78, 5) is 3.68. The third-order valence-electron chi connectivity index (χ3n) is 6.52. The van der Waals surface area contributed by atoms with E-state index in [1.807, 2.05) is 18.2 Å². The maximum atomic E-state index is 9.65. The van der Waals surface area contributed by atoms with Crippen molar-refractivity contribution in [2.45, 2.75) is 0 Å². The summed E-state index contributed by atoms with van der Waals surface area (Å²) in [5.41, 5.74) is 6.33. The van der Waals surface area contributed by atoms with Crippen molar-refractivity contribution in [1.82, 2.24) is 9.55 Å². The Balaban J connectivity index is 1.89. The first kappa shape index (κ1) is 17.2. The molecule has 32 heavy (non-hydrogen) atoms. The molecule has 0 aliphatic carbocycles. The molecule has 1 N–H and O–H groups in total. The lowest BCUT2D eigenvalue weighted by Gasteiger charge is -2.10. The normalized spacial score (nSPS) is 11.7. The maximum absolute atomic E-state index is 9.65. The first-order chi connectivity index (χ1) is 15.8. The number of nitriles is 1. The second kappa shape index (κ2) is 6.23. The van der Waals surface area contributed by atoms with Crippen LogP contribution in [-0.4, -0.2) is 9.55 Å². The van der Waals surface area contributed by atoms with Crippen LogP contribution in [0.1, 0.15) is 5.56 Å². The van der Waals surface area contributed by atoms with E-state index in [0.29, 0.717) is 5.56 Å². The monoisotopic (exact) mass is 407 g/mol. The Hall–Kier alpha value is -4.55. The summed E-state index contributed by atoms with van der Waals surface area (Å²) in [5, 5.41) is 16.7. The van der Waals surface area contributed by atoms with Crippen LogP contribution in [-0.2, 0) is 0 Å². The van der Waals surface area contributed by atoms with Crippen molar-refractivity contribution in [1.29, 1.82) is 5.26 Å². The van der Waals surface area contributed by atoms with Crippen LogP contribution in [0.4, 0.5) is 0 Å². The number of nitrogens with one attached hydrogen (secondary N) is 1. The molecule has 7 rings (SSSR count). The van der Waals surface area contributed by atoms with Crippen LogP contribution < -0.4 is 0 Å². The fourth-order valence-electron chi connectivity index (χ4n) is 5.23. The number of fused-ring (bicyclic) bond motifs is 10. The maximum Gasteiger partial charge on any atom is 0.0991 e. The van der Waals surface area contributed by atoms with Crippen LogP contribution in [0.3, 0.4) is 0 Å². The zero-order valence-corrected chi connectivity index (χ0v) is 17.1. The van der Waals surface area contributed by atoms with Crippen LogP contribution in [0.15, 0.2) is 97.1 Å². The van der Waals surface area contributed by atoms with Gasteiger partial charge < -0.3 is 9.55 Å². The molecule has 0 aliphatic heterocycles. The molecular weight excluding hydrogens is 390 g/mol. The Bertz CT molecular complexity index is 1880. The quantitative estimate of drug-likeness (QED) is 0.302. The zero-order valence-electron chi connectivity index (χ0n) is 17.1. The second-order valence-corrected chi connectivity index (χ2v) is 8.20. The Morgan fingerprint density at radius 3 is 2.19 bits per heavy atom. The summed E-state index contributed by atoms with van der Waals surface area (Å²) in [6.45, 7) is 0. The number of aromatic nitrogens is 2. The molecule has 3 nitrogen and oxygen atoms in total. The third kappa shape index (κ3) is 2.13. The fourth-order valence-corrected chi connectivity index (χ4v) is 5.23. The van der Waals surface area contributed by atoms with Crippen molar-refractivity contribution >= 4 is 54.4 Å². The number of para-hydroxylation sites is 2. The predicted octanol–water partition coefficient (Wildman–Crippen LogP) is 7.44. The smallest absolute Gasteiger partial charge is 0.0991 e. The van der Waals surface area contributed by atoms with Gasteiger partial charge in [-0.3, -0.25) is 0 Å². The summed E-state index contributed by atoms with van der Waals surface area (Å²) in [5.74, 6) is 0. The van der Waals surface area contributed by atoms with Crippen molar-refractivity contribution in [2.75, 3.05) is 0 Å². The summed E-state index contributed by atoms with van der Waals surface area (Å²) in [6, 6.07) is 35.9. The van der Waals surface area contributed by atoms with E-state index in [2.05, 4.69) is 94.5 Å². The van der Waals surface area contributed by atoms with Crippen molar-refractivity contribution in [2.24, 2.45) is 0 Å². The van der Waals surface area contributed by atoms with Crippen LogP contribution in [0, 0.1) is 11.3 Å². The SMILES string of the molecule is N#Cc1ccc2c(c1)c1c3c4ccccc4[nH]c3c3ccccc3c1n2-c1ccccc1. The van der Waals surface area contributed by atoms with Gasteiger partial charge in [0.05, 0.1) is 28.2 Å². The van der Waals surface area contributed by atoms with Crippen LogP contribution in [0.5, 0.6) is 0 Å². The van der Waals surface area contributed by atoms with E-state index < -0.39 is 0 Å². The second-order valence-electron chi connectivity index (χ2n) is 8.20. The average molecular weight is 407 g/mol. The predicted molar refractivity (Wildman–Crippen MR) is 132 cm³/mol. The highest BCUT2D eigenvalue weighted by Crippen LogP contribution is 2.44. The minimum atomic E-state index is 0.672. The largest absolute Gasteiger partial charge is 0.354 e. The molecule has 0 aliphatic rings. The van der Waals surface area contributed by atoms with E-state index in [0.717, 1.165) is 27.6 Å². The minimum Gasteiger partial charge on any atom is -0.354 e. The van der Waals surface area contributed by atoms with Gasteiger partial charge in [-0.15, -0.1) is 0 Å². The molecular formula is C29H17N3. The Labute approximate surface area is 183 Å². The van der Waals surface area contributed by atoms with Crippen LogP contribution >= 0.6 is 0 Å². The fraction of sp³-hybridized carbons (Fsp3) is 0. The van der Waals surface area contributed by atoms with E-state index >= 15 is 0 Å². The van der Waals surface area contributed by atoms with Crippen LogP contribution in [0.2, 0.25) is 0 Å². The number of H-pyrrole nitrogens is 1. The molecule has 0 saturated heterocycles. The van der Waals surface area contributed by atoms with Gasteiger partial charge in [-0.2, -0.15) is 5.26 Å². The molecule has 0 unspecified atom stereocenters.